The molecule has 0 saturated heterocycles. The molecule has 1 N–H and O–H groups in total. The van der Waals surface area contributed by atoms with Crippen LogP contribution < -0.4 is 14.8 Å². The second kappa shape index (κ2) is 7.53. The molecule has 0 aromatic heterocycles. The number of rotatable bonds is 6. The lowest BCUT2D eigenvalue weighted by Crippen LogP contribution is -2.33. The van der Waals surface area contributed by atoms with Gasteiger partial charge in [0, 0.05) is 5.56 Å². The summed E-state index contributed by atoms with van der Waals surface area (Å²) < 4.78 is 47.3. The van der Waals surface area contributed by atoms with E-state index < -0.39 is 18.6 Å². The Kier molecular flexibility index (Phi) is 6.32. The summed E-state index contributed by atoms with van der Waals surface area (Å²) in [5.74, 6) is -0.157. The molecular weight excluding hydrogens is 355 g/mol. The minimum Gasteiger partial charge on any atom is -0.493 e. The SMILES string of the molecule is CCCOc1c(Br)cc(C(=O)NCC(F)(F)F)cc1OC. The molecule has 1 rings (SSSR count). The van der Waals surface area contributed by atoms with Crippen molar-refractivity contribution in [2.24, 2.45) is 0 Å². The van der Waals surface area contributed by atoms with Crippen molar-refractivity contribution in [2.75, 3.05) is 20.3 Å². The third-order valence-electron chi connectivity index (χ3n) is 2.39. The van der Waals surface area contributed by atoms with E-state index in [9.17, 15) is 18.0 Å². The van der Waals surface area contributed by atoms with E-state index in [2.05, 4.69) is 15.9 Å². The summed E-state index contributed by atoms with van der Waals surface area (Å²) in [6.45, 7) is 0.994. The van der Waals surface area contributed by atoms with Crippen molar-refractivity contribution in [1.82, 2.24) is 5.32 Å². The van der Waals surface area contributed by atoms with Gasteiger partial charge in [-0.15, -0.1) is 0 Å². The highest BCUT2D eigenvalue weighted by molar-refractivity contribution is 9.10. The highest BCUT2D eigenvalue weighted by Crippen LogP contribution is 2.36. The van der Waals surface area contributed by atoms with E-state index >= 15 is 0 Å². The molecule has 1 aromatic rings. The van der Waals surface area contributed by atoms with Gasteiger partial charge in [0.15, 0.2) is 11.5 Å². The quantitative estimate of drug-likeness (QED) is 0.834. The van der Waals surface area contributed by atoms with E-state index in [0.29, 0.717) is 16.8 Å². The molecule has 0 aliphatic rings. The summed E-state index contributed by atoms with van der Waals surface area (Å²) in [5, 5.41) is 1.80. The second-order valence-corrected chi connectivity index (χ2v) is 4.99. The van der Waals surface area contributed by atoms with Gasteiger partial charge in [0.05, 0.1) is 18.2 Å². The minimum absolute atomic E-state index is 0.0480. The molecule has 0 bridgehead atoms. The maximum atomic E-state index is 12.1. The number of hydrogen-bond donors (Lipinski definition) is 1. The molecule has 1 aromatic carbocycles. The summed E-state index contributed by atoms with van der Waals surface area (Å²) in [4.78, 5) is 11.7. The molecule has 4 nitrogen and oxygen atoms in total. The van der Waals surface area contributed by atoms with E-state index in [1.165, 1.54) is 19.2 Å². The van der Waals surface area contributed by atoms with Crippen LogP contribution in [0.15, 0.2) is 16.6 Å². The Morgan fingerprint density at radius 3 is 2.57 bits per heavy atom. The lowest BCUT2D eigenvalue weighted by Gasteiger charge is -2.14. The van der Waals surface area contributed by atoms with Gasteiger partial charge in [-0.3, -0.25) is 4.79 Å². The van der Waals surface area contributed by atoms with Crippen LogP contribution in [0, 0.1) is 0 Å². The van der Waals surface area contributed by atoms with Gasteiger partial charge >= 0.3 is 6.18 Å². The molecule has 118 valence electrons. The zero-order chi connectivity index (χ0) is 16.0. The Bertz CT molecular complexity index is 506. The average Bonchev–Trinajstić information content (AvgIpc) is 2.41. The van der Waals surface area contributed by atoms with Crippen LogP contribution in [0.4, 0.5) is 13.2 Å². The number of nitrogens with one attached hydrogen (secondary N) is 1. The van der Waals surface area contributed by atoms with Crippen molar-refractivity contribution in [3.8, 4) is 11.5 Å². The molecule has 0 heterocycles. The van der Waals surface area contributed by atoms with Crippen LogP contribution >= 0.6 is 15.9 Å². The molecular formula is C13H15BrF3NO3. The molecule has 0 aliphatic carbocycles. The normalized spacial score (nSPS) is 11.1. The maximum absolute atomic E-state index is 12.1. The van der Waals surface area contributed by atoms with Crippen molar-refractivity contribution in [3.63, 3.8) is 0 Å². The molecule has 0 fully saturated rings. The number of ether oxygens (including phenoxy) is 2. The fraction of sp³-hybridized carbons (Fsp3) is 0.462. The second-order valence-electron chi connectivity index (χ2n) is 4.14. The first-order chi connectivity index (χ1) is 9.78. The van der Waals surface area contributed by atoms with Crippen molar-refractivity contribution in [1.29, 1.82) is 0 Å². The first kappa shape index (κ1) is 17.6. The zero-order valence-electron chi connectivity index (χ0n) is 11.5. The molecule has 0 saturated carbocycles. The molecule has 0 atom stereocenters. The fourth-order valence-electron chi connectivity index (χ4n) is 1.48. The largest absolute Gasteiger partial charge is 0.493 e. The van der Waals surface area contributed by atoms with Gasteiger partial charge in [0.2, 0.25) is 0 Å². The highest BCUT2D eigenvalue weighted by Gasteiger charge is 2.28. The minimum atomic E-state index is -4.46. The van der Waals surface area contributed by atoms with Crippen molar-refractivity contribution in [2.45, 2.75) is 19.5 Å². The Labute approximate surface area is 128 Å². The van der Waals surface area contributed by atoms with Crippen LogP contribution in [-0.2, 0) is 0 Å². The lowest BCUT2D eigenvalue weighted by atomic mass is 10.2. The molecule has 8 heteroatoms. The number of amides is 1. The number of carbonyl (C=O) groups excluding carboxylic acids is 1. The molecule has 21 heavy (non-hydrogen) atoms. The molecule has 0 spiro atoms. The standard InChI is InChI=1S/C13H15BrF3NO3/c1-3-4-21-11-9(14)5-8(6-10(11)20-2)12(19)18-7-13(15,16)17/h5-6H,3-4,7H2,1-2H3,(H,18,19). The van der Waals surface area contributed by atoms with Gasteiger partial charge in [-0.05, 0) is 34.5 Å². The fourth-order valence-corrected chi connectivity index (χ4v) is 2.03. The van der Waals surface area contributed by atoms with Crippen LogP contribution in [0.2, 0.25) is 0 Å². The Hall–Kier alpha value is -1.44. The highest BCUT2D eigenvalue weighted by atomic mass is 79.9. The van der Waals surface area contributed by atoms with Gasteiger partial charge in [0.1, 0.15) is 6.54 Å². The Morgan fingerprint density at radius 2 is 2.05 bits per heavy atom. The third kappa shape index (κ3) is 5.45. The number of methoxy groups -OCH3 is 1. The van der Waals surface area contributed by atoms with Crippen molar-refractivity contribution < 1.29 is 27.4 Å². The molecule has 1 amide bonds. The summed E-state index contributed by atoms with van der Waals surface area (Å²) in [5.41, 5.74) is 0.0480. The van der Waals surface area contributed by atoms with Crippen LogP contribution in [0.5, 0.6) is 11.5 Å². The van der Waals surface area contributed by atoms with Gasteiger partial charge in [-0.25, -0.2) is 0 Å². The molecule has 0 aliphatic heterocycles. The Morgan fingerprint density at radius 1 is 1.38 bits per heavy atom. The number of carbonyl (C=O) groups is 1. The predicted octanol–water partition coefficient (Wildman–Crippen LogP) is 3.54. The first-order valence-electron chi connectivity index (χ1n) is 6.13. The summed E-state index contributed by atoms with van der Waals surface area (Å²) in [7, 11) is 1.39. The van der Waals surface area contributed by atoms with Crippen LogP contribution in [0.1, 0.15) is 23.7 Å². The predicted molar refractivity (Wildman–Crippen MR) is 74.9 cm³/mol. The van der Waals surface area contributed by atoms with E-state index in [1.807, 2.05) is 6.92 Å². The summed E-state index contributed by atoms with van der Waals surface area (Å²) in [6, 6.07) is 2.72. The topological polar surface area (TPSA) is 47.6 Å². The molecule has 0 unspecified atom stereocenters. The van der Waals surface area contributed by atoms with E-state index in [1.54, 1.807) is 5.32 Å². The van der Waals surface area contributed by atoms with Crippen LogP contribution in [0.3, 0.4) is 0 Å². The van der Waals surface area contributed by atoms with Gasteiger partial charge in [-0.2, -0.15) is 13.2 Å². The first-order valence-corrected chi connectivity index (χ1v) is 6.93. The summed E-state index contributed by atoms with van der Waals surface area (Å²) in [6.07, 6.45) is -3.68. The number of hydrogen-bond acceptors (Lipinski definition) is 3. The van der Waals surface area contributed by atoms with Gasteiger partial charge < -0.3 is 14.8 Å². The maximum Gasteiger partial charge on any atom is 0.405 e. The monoisotopic (exact) mass is 369 g/mol. The van der Waals surface area contributed by atoms with Gasteiger partial charge in [-0.1, -0.05) is 6.92 Å². The van der Waals surface area contributed by atoms with E-state index in [-0.39, 0.29) is 11.3 Å². The summed E-state index contributed by atoms with van der Waals surface area (Å²) >= 11 is 3.22. The zero-order valence-corrected chi connectivity index (χ0v) is 13.1. The van der Waals surface area contributed by atoms with Crippen LogP contribution in [-0.4, -0.2) is 32.3 Å². The third-order valence-corrected chi connectivity index (χ3v) is 2.98. The van der Waals surface area contributed by atoms with Gasteiger partial charge in [0.25, 0.3) is 5.91 Å². The van der Waals surface area contributed by atoms with E-state index in [0.717, 1.165) is 6.42 Å². The van der Waals surface area contributed by atoms with Crippen LogP contribution in [0.25, 0.3) is 0 Å². The average molecular weight is 370 g/mol. The number of halogens is 4. The molecule has 0 radical (unpaired) electrons. The van der Waals surface area contributed by atoms with Crippen molar-refractivity contribution in [3.05, 3.63) is 22.2 Å². The van der Waals surface area contributed by atoms with E-state index in [4.69, 9.17) is 9.47 Å². The Balaban J connectivity index is 2.94. The number of benzene rings is 1. The smallest absolute Gasteiger partial charge is 0.405 e. The lowest BCUT2D eigenvalue weighted by molar-refractivity contribution is -0.123. The van der Waals surface area contributed by atoms with Crippen molar-refractivity contribution >= 4 is 21.8 Å². The number of alkyl halides is 3.